The first-order valence-corrected chi connectivity index (χ1v) is 4.29. The van der Waals surface area contributed by atoms with Crippen molar-refractivity contribution in [3.63, 3.8) is 0 Å². The standard InChI is InChI=1S/C10H10FN3O/c1-15-10-5-4-8(7-9(10)11)3-2-6-13-14-12/h2-5,7H,6H2,1H3. The van der Waals surface area contributed by atoms with Crippen molar-refractivity contribution in [3.05, 3.63) is 46.1 Å². The zero-order chi connectivity index (χ0) is 11.1. The normalized spacial score (nSPS) is 10.0. The maximum Gasteiger partial charge on any atom is 0.165 e. The van der Waals surface area contributed by atoms with E-state index in [9.17, 15) is 4.39 Å². The van der Waals surface area contributed by atoms with Gasteiger partial charge < -0.3 is 4.74 Å². The van der Waals surface area contributed by atoms with Gasteiger partial charge in [0.2, 0.25) is 0 Å². The van der Waals surface area contributed by atoms with Gasteiger partial charge in [-0.05, 0) is 23.2 Å². The first kappa shape index (κ1) is 11.1. The maximum atomic E-state index is 13.2. The van der Waals surface area contributed by atoms with Gasteiger partial charge in [0.15, 0.2) is 11.6 Å². The molecule has 0 bridgehead atoms. The summed E-state index contributed by atoms with van der Waals surface area (Å²) in [6.07, 6.45) is 3.33. The van der Waals surface area contributed by atoms with E-state index in [4.69, 9.17) is 10.3 Å². The van der Waals surface area contributed by atoms with Gasteiger partial charge in [0.1, 0.15) is 0 Å². The van der Waals surface area contributed by atoms with Crippen LogP contribution in [-0.2, 0) is 0 Å². The Kier molecular flexibility index (Phi) is 4.19. The fraction of sp³-hybridized carbons (Fsp3) is 0.200. The van der Waals surface area contributed by atoms with E-state index < -0.39 is 5.82 Å². The first-order valence-electron chi connectivity index (χ1n) is 4.29. The molecule has 1 rings (SSSR count). The minimum atomic E-state index is -0.413. The Hall–Kier alpha value is -2.00. The number of methoxy groups -OCH3 is 1. The minimum absolute atomic E-state index is 0.210. The molecule has 4 nitrogen and oxygen atoms in total. The van der Waals surface area contributed by atoms with Crippen LogP contribution in [0.15, 0.2) is 29.4 Å². The van der Waals surface area contributed by atoms with Crippen LogP contribution in [0, 0.1) is 5.82 Å². The zero-order valence-corrected chi connectivity index (χ0v) is 8.22. The number of benzene rings is 1. The highest BCUT2D eigenvalue weighted by Crippen LogP contribution is 2.18. The molecule has 0 unspecified atom stereocenters. The molecule has 0 heterocycles. The number of azide groups is 1. The van der Waals surface area contributed by atoms with Gasteiger partial charge in [-0.2, -0.15) is 0 Å². The van der Waals surface area contributed by atoms with Crippen molar-refractivity contribution >= 4 is 6.08 Å². The summed E-state index contributed by atoms with van der Waals surface area (Å²) in [7, 11) is 1.41. The molecule has 0 fully saturated rings. The van der Waals surface area contributed by atoms with Crippen LogP contribution >= 0.6 is 0 Å². The molecule has 0 N–H and O–H groups in total. The highest BCUT2D eigenvalue weighted by atomic mass is 19.1. The third-order valence-corrected chi connectivity index (χ3v) is 1.74. The number of rotatable bonds is 4. The SMILES string of the molecule is COc1ccc(C=CCN=[N+]=[N-])cc1F. The lowest BCUT2D eigenvalue weighted by atomic mass is 10.2. The molecule has 0 aromatic heterocycles. The average molecular weight is 207 g/mol. The third kappa shape index (κ3) is 3.32. The Morgan fingerprint density at radius 3 is 3.00 bits per heavy atom. The summed E-state index contributed by atoms with van der Waals surface area (Å²) in [4.78, 5) is 2.59. The van der Waals surface area contributed by atoms with Crippen LogP contribution < -0.4 is 4.74 Å². The first-order chi connectivity index (χ1) is 7.27. The van der Waals surface area contributed by atoms with Crippen LogP contribution in [0.3, 0.4) is 0 Å². The van der Waals surface area contributed by atoms with Gasteiger partial charge in [-0.15, -0.1) is 0 Å². The lowest BCUT2D eigenvalue weighted by Gasteiger charge is -2.01. The molecule has 0 radical (unpaired) electrons. The molecule has 1 aromatic carbocycles. The van der Waals surface area contributed by atoms with Crippen molar-refractivity contribution in [2.75, 3.05) is 13.7 Å². The van der Waals surface area contributed by atoms with E-state index in [1.807, 2.05) is 0 Å². The van der Waals surface area contributed by atoms with Gasteiger partial charge in [0.05, 0.1) is 7.11 Å². The van der Waals surface area contributed by atoms with Crippen molar-refractivity contribution in [1.29, 1.82) is 0 Å². The Labute approximate surface area is 86.6 Å². The molecule has 0 aliphatic heterocycles. The molecule has 0 atom stereocenters. The van der Waals surface area contributed by atoms with E-state index in [0.29, 0.717) is 5.56 Å². The predicted molar refractivity (Wildman–Crippen MR) is 56.0 cm³/mol. The van der Waals surface area contributed by atoms with Crippen molar-refractivity contribution < 1.29 is 9.13 Å². The van der Waals surface area contributed by atoms with E-state index in [-0.39, 0.29) is 12.3 Å². The number of hydrogen-bond donors (Lipinski definition) is 0. The van der Waals surface area contributed by atoms with Gasteiger partial charge >= 0.3 is 0 Å². The van der Waals surface area contributed by atoms with Crippen molar-refractivity contribution in [1.82, 2.24) is 0 Å². The second-order valence-corrected chi connectivity index (χ2v) is 2.71. The number of ether oxygens (including phenoxy) is 1. The summed E-state index contributed by atoms with van der Waals surface area (Å²) >= 11 is 0. The molecule has 1 aromatic rings. The van der Waals surface area contributed by atoms with Crippen LogP contribution in [0.4, 0.5) is 4.39 Å². The summed E-state index contributed by atoms with van der Waals surface area (Å²) in [5.41, 5.74) is 8.72. The quantitative estimate of drug-likeness (QED) is 0.425. The molecular formula is C10H10FN3O. The summed E-state index contributed by atoms with van der Waals surface area (Å²) in [6, 6.07) is 4.61. The van der Waals surface area contributed by atoms with Crippen molar-refractivity contribution in [3.8, 4) is 5.75 Å². The van der Waals surface area contributed by atoms with Crippen LogP contribution in [0.2, 0.25) is 0 Å². The third-order valence-electron chi connectivity index (χ3n) is 1.74. The molecule has 78 valence electrons. The highest BCUT2D eigenvalue weighted by molar-refractivity contribution is 5.51. The van der Waals surface area contributed by atoms with E-state index in [2.05, 4.69) is 10.0 Å². The largest absolute Gasteiger partial charge is 0.494 e. The van der Waals surface area contributed by atoms with Crippen molar-refractivity contribution in [2.24, 2.45) is 5.11 Å². The number of hydrogen-bond acceptors (Lipinski definition) is 2. The molecule has 0 amide bonds. The molecule has 5 heteroatoms. The fourth-order valence-electron chi connectivity index (χ4n) is 1.06. The number of nitrogens with zero attached hydrogens (tertiary/aromatic N) is 3. The summed E-state index contributed by atoms with van der Waals surface area (Å²) < 4.78 is 18.0. The highest BCUT2D eigenvalue weighted by Gasteiger charge is 2.00. The Balaban J connectivity index is 2.75. The van der Waals surface area contributed by atoms with Gasteiger partial charge in [-0.1, -0.05) is 23.3 Å². The van der Waals surface area contributed by atoms with Crippen LogP contribution in [0.25, 0.3) is 16.5 Å². The topological polar surface area (TPSA) is 58.0 Å². The summed E-state index contributed by atoms with van der Waals surface area (Å²) in [6.45, 7) is 0.254. The molecule has 0 saturated heterocycles. The summed E-state index contributed by atoms with van der Waals surface area (Å²) in [5.74, 6) is -0.203. The molecule has 15 heavy (non-hydrogen) atoms. The van der Waals surface area contributed by atoms with Gasteiger partial charge in [0, 0.05) is 11.5 Å². The van der Waals surface area contributed by atoms with Crippen molar-refractivity contribution in [2.45, 2.75) is 0 Å². The molecular weight excluding hydrogens is 197 g/mol. The van der Waals surface area contributed by atoms with E-state index in [0.717, 1.165) is 0 Å². The fourth-order valence-corrected chi connectivity index (χ4v) is 1.06. The Bertz CT molecular complexity index is 411. The number of halogens is 1. The smallest absolute Gasteiger partial charge is 0.165 e. The van der Waals surface area contributed by atoms with Crippen LogP contribution in [0.1, 0.15) is 5.56 Å². The van der Waals surface area contributed by atoms with Crippen LogP contribution in [-0.4, -0.2) is 13.7 Å². The zero-order valence-electron chi connectivity index (χ0n) is 8.22. The van der Waals surface area contributed by atoms with E-state index >= 15 is 0 Å². The summed E-state index contributed by atoms with van der Waals surface area (Å²) in [5, 5.41) is 3.32. The Morgan fingerprint density at radius 1 is 1.60 bits per heavy atom. The Morgan fingerprint density at radius 2 is 2.40 bits per heavy atom. The van der Waals surface area contributed by atoms with Crippen LogP contribution in [0.5, 0.6) is 5.75 Å². The minimum Gasteiger partial charge on any atom is -0.494 e. The van der Waals surface area contributed by atoms with Gasteiger partial charge in [-0.3, -0.25) is 0 Å². The second-order valence-electron chi connectivity index (χ2n) is 2.71. The monoisotopic (exact) mass is 207 g/mol. The van der Waals surface area contributed by atoms with E-state index in [1.54, 1.807) is 24.3 Å². The lowest BCUT2D eigenvalue weighted by molar-refractivity contribution is 0.386. The second kappa shape index (κ2) is 5.67. The lowest BCUT2D eigenvalue weighted by Crippen LogP contribution is -1.87. The van der Waals surface area contributed by atoms with Gasteiger partial charge in [0.25, 0.3) is 0 Å². The maximum absolute atomic E-state index is 13.2. The van der Waals surface area contributed by atoms with E-state index in [1.165, 1.54) is 13.2 Å². The van der Waals surface area contributed by atoms with Gasteiger partial charge in [-0.25, -0.2) is 4.39 Å². The molecule has 0 spiro atoms. The molecule has 0 aliphatic rings. The average Bonchev–Trinajstić information content (AvgIpc) is 2.25. The molecule has 0 saturated carbocycles. The predicted octanol–water partition coefficient (Wildman–Crippen LogP) is 3.16. The molecule has 0 aliphatic carbocycles.